The van der Waals surface area contributed by atoms with Crippen molar-refractivity contribution in [1.82, 2.24) is 0 Å². The van der Waals surface area contributed by atoms with Crippen LogP contribution in [-0.2, 0) is 9.59 Å². The van der Waals surface area contributed by atoms with Crippen LogP contribution in [0.1, 0.15) is 5.56 Å². The zero-order chi connectivity index (χ0) is 20.4. The number of halogens is 1. The highest BCUT2D eigenvalue weighted by Gasteiger charge is 2.42. The molecular formula is C23H16ClNO3S. The lowest BCUT2D eigenvalue weighted by Crippen LogP contribution is -2.31. The standard InChI is InChI=1S/C23H16ClNO3S/c1-28-19-14-8-5-11-16(19)20-21(29-15-9-3-2-4-10-15)23(27)25(22(20)26)18-13-7-6-12-17(18)24/h2-14H,1H3. The van der Waals surface area contributed by atoms with Crippen LogP contribution in [0.2, 0.25) is 5.02 Å². The molecule has 3 aromatic carbocycles. The van der Waals surface area contributed by atoms with E-state index >= 15 is 0 Å². The third-order valence-corrected chi connectivity index (χ3v) is 5.88. The number of amides is 2. The fourth-order valence-corrected chi connectivity index (χ4v) is 4.38. The van der Waals surface area contributed by atoms with Crippen LogP contribution >= 0.6 is 23.4 Å². The number of anilines is 1. The van der Waals surface area contributed by atoms with E-state index in [4.69, 9.17) is 16.3 Å². The molecule has 0 bridgehead atoms. The van der Waals surface area contributed by atoms with Crippen molar-refractivity contribution in [3.63, 3.8) is 0 Å². The number of carbonyl (C=O) groups excluding carboxylic acids is 2. The molecule has 1 aliphatic heterocycles. The van der Waals surface area contributed by atoms with Crippen molar-refractivity contribution in [2.75, 3.05) is 12.0 Å². The van der Waals surface area contributed by atoms with Gasteiger partial charge in [-0.2, -0.15) is 0 Å². The minimum Gasteiger partial charge on any atom is -0.496 e. The Morgan fingerprint density at radius 2 is 1.48 bits per heavy atom. The molecule has 4 rings (SSSR count). The van der Waals surface area contributed by atoms with Gasteiger partial charge in [-0.05, 0) is 30.3 Å². The van der Waals surface area contributed by atoms with Gasteiger partial charge in [-0.1, -0.05) is 71.9 Å². The Labute approximate surface area is 177 Å². The lowest BCUT2D eigenvalue weighted by Gasteiger charge is -2.16. The zero-order valence-electron chi connectivity index (χ0n) is 15.5. The van der Waals surface area contributed by atoms with Crippen molar-refractivity contribution < 1.29 is 14.3 Å². The summed E-state index contributed by atoms with van der Waals surface area (Å²) in [6.45, 7) is 0. The van der Waals surface area contributed by atoms with Crippen LogP contribution in [0.4, 0.5) is 5.69 Å². The van der Waals surface area contributed by atoms with Crippen molar-refractivity contribution in [2.24, 2.45) is 0 Å². The molecule has 29 heavy (non-hydrogen) atoms. The lowest BCUT2D eigenvalue weighted by molar-refractivity contribution is -0.119. The molecule has 2 amide bonds. The van der Waals surface area contributed by atoms with Gasteiger partial charge >= 0.3 is 0 Å². The van der Waals surface area contributed by atoms with E-state index in [1.807, 2.05) is 42.5 Å². The Balaban J connectivity index is 1.89. The summed E-state index contributed by atoms with van der Waals surface area (Å²) in [5, 5.41) is 0.333. The molecule has 0 radical (unpaired) electrons. The molecule has 0 aromatic heterocycles. The number of para-hydroxylation sites is 2. The molecule has 1 heterocycles. The van der Waals surface area contributed by atoms with E-state index in [9.17, 15) is 9.59 Å². The van der Waals surface area contributed by atoms with E-state index in [1.54, 1.807) is 36.4 Å². The minimum absolute atomic E-state index is 0.307. The van der Waals surface area contributed by atoms with Crippen LogP contribution in [0, 0.1) is 0 Å². The van der Waals surface area contributed by atoms with Gasteiger partial charge in [0.25, 0.3) is 11.8 Å². The van der Waals surface area contributed by atoms with Gasteiger partial charge in [0.15, 0.2) is 0 Å². The summed E-state index contributed by atoms with van der Waals surface area (Å²) in [7, 11) is 1.54. The molecule has 3 aromatic rings. The van der Waals surface area contributed by atoms with Gasteiger partial charge in [0.05, 0.1) is 28.3 Å². The fourth-order valence-electron chi connectivity index (χ4n) is 3.15. The summed E-state index contributed by atoms with van der Waals surface area (Å²) < 4.78 is 5.45. The highest BCUT2D eigenvalue weighted by molar-refractivity contribution is 8.04. The minimum atomic E-state index is -0.425. The van der Waals surface area contributed by atoms with Crippen LogP contribution < -0.4 is 9.64 Å². The summed E-state index contributed by atoms with van der Waals surface area (Å²) in [5.74, 6) is -0.306. The molecular weight excluding hydrogens is 406 g/mol. The number of ether oxygens (including phenoxy) is 1. The largest absolute Gasteiger partial charge is 0.496 e. The predicted octanol–water partition coefficient (Wildman–Crippen LogP) is 5.43. The van der Waals surface area contributed by atoms with Gasteiger partial charge < -0.3 is 4.74 Å². The van der Waals surface area contributed by atoms with Crippen molar-refractivity contribution in [3.8, 4) is 5.75 Å². The molecule has 0 saturated heterocycles. The monoisotopic (exact) mass is 421 g/mol. The fraction of sp³-hybridized carbons (Fsp3) is 0.0435. The lowest BCUT2D eigenvalue weighted by atomic mass is 10.0. The maximum absolute atomic E-state index is 13.5. The molecule has 0 N–H and O–H groups in total. The van der Waals surface area contributed by atoms with Crippen LogP contribution in [0.3, 0.4) is 0 Å². The first-order chi connectivity index (χ1) is 14.1. The zero-order valence-corrected chi connectivity index (χ0v) is 17.0. The molecule has 0 saturated carbocycles. The van der Waals surface area contributed by atoms with Gasteiger partial charge in [-0.25, -0.2) is 4.90 Å². The van der Waals surface area contributed by atoms with E-state index in [2.05, 4.69) is 0 Å². The number of thioether (sulfide) groups is 1. The first-order valence-corrected chi connectivity index (χ1v) is 10.0. The second-order valence-electron chi connectivity index (χ2n) is 6.22. The van der Waals surface area contributed by atoms with Crippen molar-refractivity contribution >= 4 is 46.4 Å². The summed E-state index contributed by atoms with van der Waals surface area (Å²) >= 11 is 7.56. The highest BCUT2D eigenvalue weighted by atomic mass is 35.5. The molecule has 0 spiro atoms. The third kappa shape index (κ3) is 3.55. The maximum Gasteiger partial charge on any atom is 0.272 e. The molecule has 0 atom stereocenters. The van der Waals surface area contributed by atoms with Crippen molar-refractivity contribution in [1.29, 1.82) is 0 Å². The Hall–Kier alpha value is -3.02. The van der Waals surface area contributed by atoms with E-state index in [-0.39, 0.29) is 0 Å². The first kappa shape index (κ1) is 19.3. The van der Waals surface area contributed by atoms with Crippen LogP contribution in [0.5, 0.6) is 5.75 Å². The Kier molecular flexibility index (Phi) is 5.43. The number of rotatable bonds is 5. The third-order valence-electron chi connectivity index (χ3n) is 4.47. The van der Waals surface area contributed by atoms with Crippen LogP contribution in [0.25, 0.3) is 5.57 Å². The summed E-state index contributed by atoms with van der Waals surface area (Å²) in [6, 6.07) is 23.5. The maximum atomic E-state index is 13.5. The number of methoxy groups -OCH3 is 1. The number of imide groups is 1. The number of carbonyl (C=O) groups is 2. The first-order valence-electron chi connectivity index (χ1n) is 8.85. The van der Waals surface area contributed by atoms with E-state index < -0.39 is 11.8 Å². The molecule has 6 heteroatoms. The summed E-state index contributed by atoms with van der Waals surface area (Å²) in [6.07, 6.45) is 0. The SMILES string of the molecule is COc1ccccc1C1=C(Sc2ccccc2)C(=O)N(c2ccccc2Cl)C1=O. The topological polar surface area (TPSA) is 46.6 Å². The smallest absolute Gasteiger partial charge is 0.272 e. The van der Waals surface area contributed by atoms with E-state index in [1.165, 1.54) is 18.9 Å². The summed E-state index contributed by atoms with van der Waals surface area (Å²) in [5.41, 5.74) is 1.24. The number of hydrogen-bond acceptors (Lipinski definition) is 4. The Morgan fingerprint density at radius 3 is 2.21 bits per heavy atom. The quantitative estimate of drug-likeness (QED) is 0.515. The van der Waals surface area contributed by atoms with Gasteiger partial charge in [-0.3, -0.25) is 9.59 Å². The van der Waals surface area contributed by atoms with Gasteiger partial charge in [0, 0.05) is 10.5 Å². The normalized spacial score (nSPS) is 13.9. The number of nitrogens with zero attached hydrogens (tertiary/aromatic N) is 1. The van der Waals surface area contributed by atoms with Crippen molar-refractivity contribution in [2.45, 2.75) is 4.90 Å². The van der Waals surface area contributed by atoms with E-state index in [0.717, 1.165) is 9.80 Å². The van der Waals surface area contributed by atoms with Gasteiger partial charge in [0.1, 0.15) is 5.75 Å². The second-order valence-corrected chi connectivity index (χ2v) is 7.71. The average Bonchev–Trinajstić information content (AvgIpc) is 2.99. The predicted molar refractivity (Wildman–Crippen MR) is 116 cm³/mol. The number of hydrogen-bond donors (Lipinski definition) is 0. The van der Waals surface area contributed by atoms with E-state index in [0.29, 0.717) is 32.5 Å². The van der Waals surface area contributed by atoms with Crippen molar-refractivity contribution in [3.05, 3.63) is 94.4 Å². The second kappa shape index (κ2) is 8.15. The van der Waals surface area contributed by atoms with Gasteiger partial charge in [-0.15, -0.1) is 0 Å². The molecule has 1 aliphatic rings. The molecule has 4 nitrogen and oxygen atoms in total. The van der Waals surface area contributed by atoms with Gasteiger partial charge in [0.2, 0.25) is 0 Å². The summed E-state index contributed by atoms with van der Waals surface area (Å²) in [4.78, 5) is 29.2. The molecule has 0 fully saturated rings. The highest BCUT2D eigenvalue weighted by Crippen LogP contribution is 2.44. The molecule has 0 unspecified atom stereocenters. The number of benzene rings is 3. The Morgan fingerprint density at radius 1 is 0.828 bits per heavy atom. The molecule has 144 valence electrons. The van der Waals surface area contributed by atoms with Crippen LogP contribution in [-0.4, -0.2) is 18.9 Å². The Bertz CT molecular complexity index is 1130. The molecule has 0 aliphatic carbocycles. The average molecular weight is 422 g/mol. The van der Waals surface area contributed by atoms with Crippen LogP contribution in [0.15, 0.2) is 88.7 Å².